The Labute approximate surface area is 94.4 Å². The summed E-state index contributed by atoms with van der Waals surface area (Å²) in [5.41, 5.74) is 1.62. The molecule has 3 heteroatoms. The number of benzene rings is 1. The van der Waals surface area contributed by atoms with E-state index in [0.29, 0.717) is 23.6 Å². The normalized spacial score (nSPS) is 11.6. The predicted molar refractivity (Wildman–Crippen MR) is 62.9 cm³/mol. The molecule has 1 aromatic heterocycles. The van der Waals surface area contributed by atoms with E-state index in [9.17, 15) is 4.39 Å². The Balaban J connectivity index is 2.36. The number of nitrogens with one attached hydrogen (secondary N) is 1. The van der Waals surface area contributed by atoms with Gasteiger partial charge in [0.1, 0.15) is 17.2 Å². The van der Waals surface area contributed by atoms with Crippen LogP contribution in [0.15, 0.2) is 22.6 Å². The van der Waals surface area contributed by atoms with E-state index in [0.717, 1.165) is 11.3 Å². The molecule has 0 aliphatic heterocycles. The molecule has 0 spiro atoms. The van der Waals surface area contributed by atoms with Crippen molar-refractivity contribution in [3.05, 3.63) is 35.3 Å². The highest BCUT2D eigenvalue weighted by molar-refractivity contribution is 5.81. The minimum atomic E-state index is -0.222. The minimum absolute atomic E-state index is 0.222. The van der Waals surface area contributed by atoms with Crippen LogP contribution in [0.4, 0.5) is 4.39 Å². The van der Waals surface area contributed by atoms with Crippen LogP contribution in [0, 0.1) is 12.7 Å². The van der Waals surface area contributed by atoms with Gasteiger partial charge in [-0.05, 0) is 24.6 Å². The maximum atomic E-state index is 13.5. The second-order valence-electron chi connectivity index (χ2n) is 4.36. The molecular weight excluding hydrogens is 205 g/mol. The number of hydrogen-bond acceptors (Lipinski definition) is 2. The lowest BCUT2D eigenvalue weighted by Crippen LogP contribution is -2.21. The Hall–Kier alpha value is -1.35. The van der Waals surface area contributed by atoms with Gasteiger partial charge < -0.3 is 9.73 Å². The third kappa shape index (κ3) is 2.09. The largest absolute Gasteiger partial charge is 0.459 e. The number of rotatable bonds is 3. The summed E-state index contributed by atoms with van der Waals surface area (Å²) in [7, 11) is 0. The van der Waals surface area contributed by atoms with Gasteiger partial charge in [-0.25, -0.2) is 4.39 Å². The van der Waals surface area contributed by atoms with Crippen LogP contribution in [-0.4, -0.2) is 6.04 Å². The Kier molecular flexibility index (Phi) is 2.97. The lowest BCUT2D eigenvalue weighted by molar-refractivity contribution is 0.487. The molecule has 86 valence electrons. The smallest absolute Gasteiger partial charge is 0.140 e. The van der Waals surface area contributed by atoms with E-state index in [1.807, 2.05) is 6.92 Å². The minimum Gasteiger partial charge on any atom is -0.459 e. The quantitative estimate of drug-likeness (QED) is 0.859. The van der Waals surface area contributed by atoms with Gasteiger partial charge in [0.2, 0.25) is 0 Å². The fourth-order valence-electron chi connectivity index (χ4n) is 1.67. The van der Waals surface area contributed by atoms with Gasteiger partial charge >= 0.3 is 0 Å². The lowest BCUT2D eigenvalue weighted by atomic mass is 10.1. The molecule has 0 bridgehead atoms. The Morgan fingerprint density at radius 1 is 1.38 bits per heavy atom. The molecule has 1 N–H and O–H groups in total. The number of hydrogen-bond donors (Lipinski definition) is 1. The van der Waals surface area contributed by atoms with E-state index in [-0.39, 0.29) is 5.82 Å². The van der Waals surface area contributed by atoms with Gasteiger partial charge in [0, 0.05) is 6.04 Å². The zero-order valence-corrected chi connectivity index (χ0v) is 9.80. The molecular formula is C13H16FNO. The first-order valence-corrected chi connectivity index (χ1v) is 5.49. The van der Waals surface area contributed by atoms with Crippen LogP contribution >= 0.6 is 0 Å². The van der Waals surface area contributed by atoms with Gasteiger partial charge in [0.25, 0.3) is 0 Å². The van der Waals surface area contributed by atoms with Gasteiger partial charge in [0.15, 0.2) is 0 Å². The molecule has 0 radical (unpaired) electrons. The average Bonchev–Trinajstić information content (AvgIpc) is 2.66. The summed E-state index contributed by atoms with van der Waals surface area (Å²) < 4.78 is 19.1. The monoisotopic (exact) mass is 221 g/mol. The van der Waals surface area contributed by atoms with Crippen LogP contribution < -0.4 is 5.32 Å². The number of fused-ring (bicyclic) bond motifs is 1. The van der Waals surface area contributed by atoms with Gasteiger partial charge in [-0.3, -0.25) is 0 Å². The lowest BCUT2D eigenvalue weighted by Gasteiger charge is -2.04. The summed E-state index contributed by atoms with van der Waals surface area (Å²) in [6.07, 6.45) is 0. The molecule has 0 fully saturated rings. The highest BCUT2D eigenvalue weighted by Crippen LogP contribution is 2.25. The van der Waals surface area contributed by atoms with Crippen LogP contribution in [0.3, 0.4) is 0 Å². The van der Waals surface area contributed by atoms with Crippen LogP contribution in [0.5, 0.6) is 0 Å². The van der Waals surface area contributed by atoms with E-state index >= 15 is 0 Å². The van der Waals surface area contributed by atoms with E-state index in [1.165, 1.54) is 6.07 Å². The summed E-state index contributed by atoms with van der Waals surface area (Å²) in [6, 6.07) is 5.37. The van der Waals surface area contributed by atoms with Gasteiger partial charge in [-0.1, -0.05) is 19.9 Å². The topological polar surface area (TPSA) is 25.2 Å². The van der Waals surface area contributed by atoms with Gasteiger partial charge in [-0.15, -0.1) is 0 Å². The van der Waals surface area contributed by atoms with Gasteiger partial charge in [-0.2, -0.15) is 0 Å². The highest BCUT2D eigenvalue weighted by atomic mass is 19.1. The zero-order valence-electron chi connectivity index (χ0n) is 9.80. The summed E-state index contributed by atoms with van der Waals surface area (Å²) in [6.45, 7) is 6.68. The van der Waals surface area contributed by atoms with Crippen molar-refractivity contribution in [2.45, 2.75) is 33.4 Å². The molecule has 16 heavy (non-hydrogen) atoms. The zero-order chi connectivity index (χ0) is 11.7. The second-order valence-corrected chi connectivity index (χ2v) is 4.36. The molecule has 2 nitrogen and oxygen atoms in total. The second kappa shape index (κ2) is 4.26. The molecule has 0 unspecified atom stereocenters. The van der Waals surface area contributed by atoms with Crippen LogP contribution in [-0.2, 0) is 6.54 Å². The van der Waals surface area contributed by atoms with E-state index in [4.69, 9.17) is 4.42 Å². The number of halogens is 1. The van der Waals surface area contributed by atoms with E-state index in [2.05, 4.69) is 19.2 Å². The fraction of sp³-hybridized carbons (Fsp3) is 0.385. The van der Waals surface area contributed by atoms with E-state index < -0.39 is 0 Å². The van der Waals surface area contributed by atoms with Crippen molar-refractivity contribution in [1.82, 2.24) is 5.32 Å². The maximum Gasteiger partial charge on any atom is 0.140 e. The average molecular weight is 221 g/mol. The molecule has 0 saturated heterocycles. The molecule has 0 atom stereocenters. The van der Waals surface area contributed by atoms with Crippen molar-refractivity contribution in [3.8, 4) is 0 Å². The summed E-state index contributed by atoms with van der Waals surface area (Å²) >= 11 is 0. The number of furan rings is 1. The fourth-order valence-corrected chi connectivity index (χ4v) is 1.67. The van der Waals surface area contributed by atoms with Crippen molar-refractivity contribution in [2.75, 3.05) is 0 Å². The Bertz CT molecular complexity index is 463. The summed E-state index contributed by atoms with van der Waals surface area (Å²) in [4.78, 5) is 0. The molecule has 2 rings (SSSR count). The standard InChI is InChI=1S/C13H16FNO/c1-8(2)15-7-10-6-11-12(14)5-4-9(3)13(11)16-10/h4-6,8,15H,7H2,1-3H3. The third-order valence-corrected chi connectivity index (χ3v) is 2.56. The van der Waals surface area contributed by atoms with Crippen molar-refractivity contribution in [3.63, 3.8) is 0 Å². The maximum absolute atomic E-state index is 13.5. The number of aryl methyl sites for hydroxylation is 1. The molecule has 0 aliphatic carbocycles. The van der Waals surface area contributed by atoms with Crippen molar-refractivity contribution < 1.29 is 8.81 Å². The van der Waals surface area contributed by atoms with Crippen LogP contribution in [0.2, 0.25) is 0 Å². The third-order valence-electron chi connectivity index (χ3n) is 2.56. The Morgan fingerprint density at radius 3 is 2.75 bits per heavy atom. The van der Waals surface area contributed by atoms with E-state index in [1.54, 1.807) is 12.1 Å². The molecule has 1 aromatic carbocycles. The summed E-state index contributed by atoms with van der Waals surface area (Å²) in [5.74, 6) is 0.553. The first kappa shape index (κ1) is 11.1. The van der Waals surface area contributed by atoms with Crippen LogP contribution in [0.25, 0.3) is 11.0 Å². The molecule has 0 saturated carbocycles. The molecule has 0 aliphatic rings. The molecule has 2 aromatic rings. The predicted octanol–water partition coefficient (Wildman–Crippen LogP) is 3.38. The highest BCUT2D eigenvalue weighted by Gasteiger charge is 2.10. The van der Waals surface area contributed by atoms with Crippen molar-refractivity contribution in [1.29, 1.82) is 0 Å². The SMILES string of the molecule is Cc1ccc(F)c2cc(CNC(C)C)oc12. The van der Waals surface area contributed by atoms with Gasteiger partial charge in [0.05, 0.1) is 11.9 Å². The first-order chi connectivity index (χ1) is 7.58. The Morgan fingerprint density at radius 2 is 2.12 bits per heavy atom. The first-order valence-electron chi connectivity index (χ1n) is 5.49. The van der Waals surface area contributed by atoms with Crippen molar-refractivity contribution >= 4 is 11.0 Å². The van der Waals surface area contributed by atoms with Crippen molar-refractivity contribution in [2.24, 2.45) is 0 Å². The summed E-state index contributed by atoms with van der Waals surface area (Å²) in [5, 5.41) is 3.82. The van der Waals surface area contributed by atoms with Crippen LogP contribution in [0.1, 0.15) is 25.2 Å². The molecule has 0 amide bonds. The molecule has 1 heterocycles.